The predicted molar refractivity (Wildman–Crippen MR) is 86.5 cm³/mol. The quantitative estimate of drug-likeness (QED) is 0.825. The van der Waals surface area contributed by atoms with Crippen LogP contribution in [0.25, 0.3) is 0 Å². The molecule has 0 bridgehead atoms. The third-order valence-electron chi connectivity index (χ3n) is 3.79. The summed E-state index contributed by atoms with van der Waals surface area (Å²) in [5.74, 6) is 2.26. The second-order valence-corrected chi connectivity index (χ2v) is 6.64. The fourth-order valence-electron chi connectivity index (χ4n) is 2.56. The molecule has 0 saturated carbocycles. The zero-order valence-electron chi connectivity index (χ0n) is 12.8. The minimum atomic E-state index is -0.247. The Balaban J connectivity index is 1.41. The summed E-state index contributed by atoms with van der Waals surface area (Å²) in [6.07, 6.45) is 3.68. The first-order valence-corrected chi connectivity index (χ1v) is 8.77. The second-order valence-electron chi connectivity index (χ2n) is 5.47. The van der Waals surface area contributed by atoms with E-state index in [2.05, 4.69) is 20.1 Å². The number of hydrogen-bond donors (Lipinski definition) is 1. The Morgan fingerprint density at radius 1 is 1.26 bits per heavy atom. The van der Waals surface area contributed by atoms with E-state index in [0.29, 0.717) is 18.7 Å². The lowest BCUT2D eigenvalue weighted by molar-refractivity contribution is -0.120. The van der Waals surface area contributed by atoms with Gasteiger partial charge in [0.15, 0.2) is 5.82 Å². The van der Waals surface area contributed by atoms with E-state index in [1.807, 2.05) is 0 Å². The topological polar surface area (TPSA) is 59.8 Å². The summed E-state index contributed by atoms with van der Waals surface area (Å²) in [4.78, 5) is 12.9. The third-order valence-corrected chi connectivity index (χ3v) is 4.81. The van der Waals surface area contributed by atoms with Crippen molar-refractivity contribution >= 4 is 17.7 Å². The van der Waals surface area contributed by atoms with Gasteiger partial charge < -0.3 is 9.88 Å². The first-order chi connectivity index (χ1) is 11.2. The van der Waals surface area contributed by atoms with Crippen LogP contribution in [0.1, 0.15) is 30.9 Å². The number of nitrogens with zero attached hydrogens (tertiary/aromatic N) is 3. The number of amides is 1. The molecule has 1 aliphatic rings. The van der Waals surface area contributed by atoms with E-state index in [1.165, 1.54) is 12.1 Å². The molecule has 5 nitrogen and oxygen atoms in total. The monoisotopic (exact) mass is 334 g/mol. The summed E-state index contributed by atoms with van der Waals surface area (Å²) < 4.78 is 14.9. The van der Waals surface area contributed by atoms with Crippen molar-refractivity contribution in [1.29, 1.82) is 0 Å². The second kappa shape index (κ2) is 7.59. The molecule has 23 heavy (non-hydrogen) atoms. The van der Waals surface area contributed by atoms with Crippen molar-refractivity contribution in [1.82, 2.24) is 20.1 Å². The highest BCUT2D eigenvalue weighted by Gasteiger charge is 2.15. The van der Waals surface area contributed by atoms with E-state index in [0.717, 1.165) is 42.4 Å². The molecule has 0 radical (unpaired) electrons. The van der Waals surface area contributed by atoms with Crippen molar-refractivity contribution in [3.63, 3.8) is 0 Å². The minimum absolute atomic E-state index is 0.00669. The lowest BCUT2D eigenvalue weighted by atomic mass is 10.2. The van der Waals surface area contributed by atoms with Gasteiger partial charge in [0, 0.05) is 30.0 Å². The van der Waals surface area contributed by atoms with Gasteiger partial charge in [-0.3, -0.25) is 4.79 Å². The van der Waals surface area contributed by atoms with Crippen molar-refractivity contribution in [2.75, 3.05) is 5.75 Å². The molecule has 2 aromatic rings. The lowest BCUT2D eigenvalue weighted by Crippen LogP contribution is -2.25. The minimum Gasteiger partial charge on any atom is -0.349 e. The van der Waals surface area contributed by atoms with Crippen molar-refractivity contribution in [2.24, 2.45) is 0 Å². The Morgan fingerprint density at radius 2 is 2.09 bits per heavy atom. The number of aromatic nitrogens is 3. The lowest BCUT2D eigenvalue weighted by Gasteiger charge is -2.14. The molecule has 2 heterocycles. The number of fused-ring (bicyclic) bond motifs is 1. The van der Waals surface area contributed by atoms with Gasteiger partial charge >= 0.3 is 0 Å². The molecule has 0 spiro atoms. The highest BCUT2D eigenvalue weighted by Crippen LogP contribution is 2.19. The number of carbonyl (C=O) groups is 1. The maximum absolute atomic E-state index is 12.8. The molecule has 1 aromatic heterocycles. The first kappa shape index (κ1) is 16.0. The van der Waals surface area contributed by atoms with Crippen LogP contribution >= 0.6 is 11.8 Å². The SMILES string of the molecule is O=C(CCSc1ccc(F)cc1)NCc1nnc2n1CCCC2. The van der Waals surface area contributed by atoms with Crippen LogP contribution in [0.5, 0.6) is 0 Å². The van der Waals surface area contributed by atoms with Gasteiger partial charge in [-0.2, -0.15) is 0 Å². The zero-order valence-corrected chi connectivity index (χ0v) is 13.6. The van der Waals surface area contributed by atoms with Gasteiger partial charge in [-0.05, 0) is 37.1 Å². The van der Waals surface area contributed by atoms with E-state index < -0.39 is 0 Å². The van der Waals surface area contributed by atoms with Gasteiger partial charge in [0.05, 0.1) is 6.54 Å². The summed E-state index contributed by atoms with van der Waals surface area (Å²) in [6.45, 7) is 1.36. The third kappa shape index (κ3) is 4.31. The van der Waals surface area contributed by atoms with Gasteiger partial charge in [0.2, 0.25) is 5.91 Å². The molecule has 0 saturated heterocycles. The molecule has 0 aliphatic carbocycles. The van der Waals surface area contributed by atoms with Crippen LogP contribution in [0, 0.1) is 5.82 Å². The molecular weight excluding hydrogens is 315 g/mol. The van der Waals surface area contributed by atoms with E-state index in [4.69, 9.17) is 0 Å². The smallest absolute Gasteiger partial charge is 0.221 e. The number of halogens is 1. The Hall–Kier alpha value is -1.89. The summed E-state index contributed by atoms with van der Waals surface area (Å²) in [5, 5.41) is 11.2. The van der Waals surface area contributed by atoms with E-state index >= 15 is 0 Å². The zero-order chi connectivity index (χ0) is 16.1. The van der Waals surface area contributed by atoms with Crippen molar-refractivity contribution in [2.45, 2.75) is 43.7 Å². The Labute approximate surface area is 138 Å². The number of hydrogen-bond acceptors (Lipinski definition) is 4. The van der Waals surface area contributed by atoms with Crippen molar-refractivity contribution < 1.29 is 9.18 Å². The molecule has 1 aliphatic heterocycles. The largest absolute Gasteiger partial charge is 0.349 e. The number of rotatable bonds is 6. The summed E-state index contributed by atoms with van der Waals surface area (Å²) in [6, 6.07) is 6.30. The number of thioether (sulfide) groups is 1. The highest BCUT2D eigenvalue weighted by atomic mass is 32.2. The van der Waals surface area contributed by atoms with E-state index in [9.17, 15) is 9.18 Å². The molecule has 1 aromatic carbocycles. The summed E-state index contributed by atoms with van der Waals surface area (Å²) >= 11 is 1.54. The molecule has 1 N–H and O–H groups in total. The molecule has 0 fully saturated rings. The van der Waals surface area contributed by atoms with Crippen LogP contribution in [0.4, 0.5) is 4.39 Å². The Kier molecular flexibility index (Phi) is 5.27. The van der Waals surface area contributed by atoms with Crippen LogP contribution in [0.15, 0.2) is 29.2 Å². The molecule has 0 unspecified atom stereocenters. The number of aryl methyl sites for hydroxylation is 1. The maximum Gasteiger partial charge on any atom is 0.221 e. The standard InChI is InChI=1S/C16H19FN4OS/c17-12-4-6-13(7-5-12)23-10-8-16(22)18-11-15-20-19-14-3-1-2-9-21(14)15/h4-7H,1-3,8-11H2,(H,18,22). The molecule has 3 rings (SSSR count). The molecule has 0 atom stereocenters. The van der Waals surface area contributed by atoms with Gasteiger partial charge in [-0.25, -0.2) is 4.39 Å². The average Bonchev–Trinajstić information content (AvgIpc) is 2.98. The van der Waals surface area contributed by atoms with Crippen molar-refractivity contribution in [3.8, 4) is 0 Å². The van der Waals surface area contributed by atoms with Gasteiger partial charge in [0.1, 0.15) is 11.6 Å². The fourth-order valence-corrected chi connectivity index (χ4v) is 3.41. The maximum atomic E-state index is 12.8. The van der Waals surface area contributed by atoms with Crippen molar-refractivity contribution in [3.05, 3.63) is 41.7 Å². The Bertz CT molecular complexity index is 671. The van der Waals surface area contributed by atoms with Gasteiger partial charge in [-0.15, -0.1) is 22.0 Å². The van der Waals surface area contributed by atoms with Crippen LogP contribution < -0.4 is 5.32 Å². The molecule has 1 amide bonds. The van der Waals surface area contributed by atoms with Crippen LogP contribution in [-0.2, 0) is 24.3 Å². The molecule has 122 valence electrons. The number of nitrogens with one attached hydrogen (secondary N) is 1. The fraction of sp³-hybridized carbons (Fsp3) is 0.438. The predicted octanol–water partition coefficient (Wildman–Crippen LogP) is 2.55. The van der Waals surface area contributed by atoms with E-state index in [-0.39, 0.29) is 11.7 Å². The summed E-state index contributed by atoms with van der Waals surface area (Å²) in [5.41, 5.74) is 0. The van der Waals surface area contributed by atoms with Crippen LogP contribution in [-0.4, -0.2) is 26.4 Å². The van der Waals surface area contributed by atoms with Crippen LogP contribution in [0.2, 0.25) is 0 Å². The molecule has 7 heteroatoms. The number of carbonyl (C=O) groups excluding carboxylic acids is 1. The normalized spacial score (nSPS) is 13.6. The van der Waals surface area contributed by atoms with Crippen LogP contribution in [0.3, 0.4) is 0 Å². The highest BCUT2D eigenvalue weighted by molar-refractivity contribution is 7.99. The average molecular weight is 334 g/mol. The Morgan fingerprint density at radius 3 is 2.91 bits per heavy atom. The van der Waals surface area contributed by atoms with Gasteiger partial charge in [0.25, 0.3) is 0 Å². The summed E-state index contributed by atoms with van der Waals surface area (Å²) in [7, 11) is 0. The van der Waals surface area contributed by atoms with E-state index in [1.54, 1.807) is 23.9 Å². The first-order valence-electron chi connectivity index (χ1n) is 7.78. The molecular formula is C16H19FN4OS. The van der Waals surface area contributed by atoms with Gasteiger partial charge in [-0.1, -0.05) is 0 Å². The number of benzene rings is 1.